The summed E-state index contributed by atoms with van der Waals surface area (Å²) in [6.45, 7) is 4.14. The second kappa shape index (κ2) is 10.3. The fraction of sp³-hybridized carbons (Fsp3) is 0.292. The molecule has 3 aromatic rings. The highest BCUT2D eigenvalue weighted by Crippen LogP contribution is 2.28. The van der Waals surface area contributed by atoms with E-state index in [9.17, 15) is 9.59 Å². The first-order chi connectivity index (χ1) is 15.3. The second-order valence-corrected chi connectivity index (χ2v) is 7.57. The van der Waals surface area contributed by atoms with Crippen molar-refractivity contribution < 1.29 is 23.8 Å². The number of carbonyl (C=O) groups excluding carboxylic acids is 2. The third kappa shape index (κ3) is 5.11. The zero-order chi connectivity index (χ0) is 23.3. The number of aromatic nitrogens is 2. The van der Waals surface area contributed by atoms with Gasteiger partial charge in [0.1, 0.15) is 5.15 Å². The summed E-state index contributed by atoms with van der Waals surface area (Å²) < 4.78 is 17.9. The van der Waals surface area contributed by atoms with E-state index in [2.05, 4.69) is 9.55 Å². The molecule has 0 aliphatic heterocycles. The average molecular weight is 457 g/mol. The van der Waals surface area contributed by atoms with Crippen molar-refractivity contribution >= 4 is 23.4 Å². The van der Waals surface area contributed by atoms with E-state index >= 15 is 0 Å². The van der Waals surface area contributed by atoms with Gasteiger partial charge in [0, 0.05) is 29.7 Å². The van der Waals surface area contributed by atoms with Gasteiger partial charge in [-0.2, -0.15) is 0 Å². The van der Waals surface area contributed by atoms with E-state index in [-0.39, 0.29) is 23.1 Å². The third-order valence-electron chi connectivity index (χ3n) is 5.26. The Labute approximate surface area is 191 Å². The largest absolute Gasteiger partial charge is 0.493 e. The molecule has 0 aliphatic carbocycles. The van der Waals surface area contributed by atoms with E-state index in [0.717, 1.165) is 23.4 Å². The van der Waals surface area contributed by atoms with Crippen LogP contribution in [0, 0.1) is 13.8 Å². The lowest BCUT2D eigenvalue weighted by Crippen LogP contribution is -2.15. The fourth-order valence-electron chi connectivity index (χ4n) is 3.53. The Hall–Kier alpha value is -3.32. The van der Waals surface area contributed by atoms with Gasteiger partial charge in [0.2, 0.25) is 5.78 Å². The van der Waals surface area contributed by atoms with Crippen molar-refractivity contribution in [1.29, 1.82) is 0 Å². The first-order valence-electron chi connectivity index (χ1n) is 10.0. The number of rotatable bonds is 9. The van der Waals surface area contributed by atoms with E-state index in [4.69, 9.17) is 25.8 Å². The summed E-state index contributed by atoms with van der Waals surface area (Å²) in [5.41, 5.74) is 3.52. The molecule has 0 fully saturated rings. The van der Waals surface area contributed by atoms with E-state index in [1.165, 1.54) is 12.3 Å². The number of pyridine rings is 1. The number of benzene rings is 1. The molecule has 0 saturated heterocycles. The number of halogens is 1. The number of esters is 1. The zero-order valence-electron chi connectivity index (χ0n) is 18.5. The van der Waals surface area contributed by atoms with E-state index in [1.807, 2.05) is 38.1 Å². The van der Waals surface area contributed by atoms with Crippen molar-refractivity contribution in [2.24, 2.45) is 0 Å². The lowest BCUT2D eigenvalue weighted by atomic mass is 10.1. The molecule has 0 saturated carbocycles. The predicted molar refractivity (Wildman–Crippen MR) is 121 cm³/mol. The highest BCUT2D eigenvalue weighted by atomic mass is 35.5. The Balaban J connectivity index is 1.67. The van der Waals surface area contributed by atoms with Crippen LogP contribution in [0.5, 0.6) is 11.5 Å². The fourth-order valence-corrected chi connectivity index (χ4v) is 3.73. The minimum absolute atomic E-state index is 0.0401. The average Bonchev–Trinajstić information content (AvgIpc) is 3.09. The van der Waals surface area contributed by atoms with Gasteiger partial charge in [0.15, 0.2) is 18.1 Å². The van der Waals surface area contributed by atoms with Crippen LogP contribution in [0.25, 0.3) is 0 Å². The molecule has 0 amide bonds. The molecule has 2 heterocycles. The third-order valence-corrected chi connectivity index (χ3v) is 5.56. The second-order valence-electron chi connectivity index (χ2n) is 7.22. The van der Waals surface area contributed by atoms with Gasteiger partial charge in [-0.1, -0.05) is 17.7 Å². The number of ketones is 1. The molecule has 32 heavy (non-hydrogen) atoms. The summed E-state index contributed by atoms with van der Waals surface area (Å²) in [6.07, 6.45) is 2.22. The Bertz CT molecular complexity index is 1140. The monoisotopic (exact) mass is 456 g/mol. The molecule has 0 aliphatic rings. The normalized spacial score (nSPS) is 10.7. The quantitative estimate of drug-likeness (QED) is 0.269. The molecular weight excluding hydrogens is 432 g/mol. The van der Waals surface area contributed by atoms with Crippen LogP contribution in [-0.4, -0.2) is 42.1 Å². The van der Waals surface area contributed by atoms with Crippen molar-refractivity contribution in [3.63, 3.8) is 0 Å². The van der Waals surface area contributed by atoms with Crippen molar-refractivity contribution in [3.8, 4) is 11.5 Å². The van der Waals surface area contributed by atoms with Crippen molar-refractivity contribution in [1.82, 2.24) is 9.55 Å². The molecule has 0 N–H and O–H groups in total. The molecule has 7 nitrogen and oxygen atoms in total. The number of carbonyl (C=O) groups is 2. The molecule has 0 unspecified atom stereocenters. The van der Waals surface area contributed by atoms with Crippen LogP contribution in [0.15, 0.2) is 42.6 Å². The zero-order valence-corrected chi connectivity index (χ0v) is 19.2. The molecule has 0 bridgehead atoms. The van der Waals surface area contributed by atoms with Gasteiger partial charge in [-0.3, -0.25) is 4.79 Å². The molecule has 1 aromatic carbocycles. The maximum Gasteiger partial charge on any atom is 0.341 e. The Morgan fingerprint density at radius 3 is 2.47 bits per heavy atom. The molecule has 0 spiro atoms. The Morgan fingerprint density at radius 2 is 1.78 bits per heavy atom. The van der Waals surface area contributed by atoms with Crippen LogP contribution in [0.1, 0.15) is 37.7 Å². The topological polar surface area (TPSA) is 79.7 Å². The minimum Gasteiger partial charge on any atom is -0.493 e. The van der Waals surface area contributed by atoms with Crippen LogP contribution >= 0.6 is 11.6 Å². The van der Waals surface area contributed by atoms with Crippen molar-refractivity contribution in [2.75, 3.05) is 20.8 Å². The number of aryl methyl sites for hydroxylation is 2. The van der Waals surface area contributed by atoms with E-state index in [0.29, 0.717) is 23.6 Å². The summed E-state index contributed by atoms with van der Waals surface area (Å²) in [4.78, 5) is 28.7. The maximum atomic E-state index is 12.7. The highest BCUT2D eigenvalue weighted by Gasteiger charge is 2.19. The number of Topliss-reactive ketones (excluding diaryl/α,β-unsaturated/α-hetero) is 1. The van der Waals surface area contributed by atoms with E-state index in [1.54, 1.807) is 20.3 Å². The molecule has 3 rings (SSSR count). The molecule has 0 radical (unpaired) electrons. The molecular formula is C24H25ClN2O5. The van der Waals surface area contributed by atoms with Gasteiger partial charge in [-0.05, 0) is 56.2 Å². The van der Waals surface area contributed by atoms with Gasteiger partial charge in [-0.15, -0.1) is 0 Å². The number of hydrogen-bond acceptors (Lipinski definition) is 6. The Morgan fingerprint density at radius 1 is 1.03 bits per heavy atom. The van der Waals surface area contributed by atoms with Crippen LogP contribution in [-0.2, 0) is 17.7 Å². The van der Waals surface area contributed by atoms with Crippen LogP contribution in [0.2, 0.25) is 5.15 Å². The van der Waals surface area contributed by atoms with Gasteiger partial charge in [-0.25, -0.2) is 9.78 Å². The minimum atomic E-state index is -0.682. The number of hydrogen-bond donors (Lipinski definition) is 0. The highest BCUT2D eigenvalue weighted by molar-refractivity contribution is 6.32. The van der Waals surface area contributed by atoms with Gasteiger partial charge < -0.3 is 18.8 Å². The summed E-state index contributed by atoms with van der Waals surface area (Å²) in [6, 6.07) is 10.7. The van der Waals surface area contributed by atoms with Crippen LogP contribution in [0.3, 0.4) is 0 Å². The smallest absolute Gasteiger partial charge is 0.341 e. The van der Waals surface area contributed by atoms with Crippen LogP contribution < -0.4 is 9.47 Å². The summed E-state index contributed by atoms with van der Waals surface area (Å²) in [7, 11) is 3.21. The first-order valence-corrected chi connectivity index (χ1v) is 10.4. The lowest BCUT2D eigenvalue weighted by molar-refractivity contribution is 0.0474. The lowest BCUT2D eigenvalue weighted by Gasteiger charge is -2.12. The number of methoxy groups -OCH3 is 2. The van der Waals surface area contributed by atoms with Crippen LogP contribution in [0.4, 0.5) is 0 Å². The van der Waals surface area contributed by atoms with Gasteiger partial charge >= 0.3 is 5.97 Å². The number of ether oxygens (including phenoxy) is 3. The summed E-state index contributed by atoms with van der Waals surface area (Å²) in [5.74, 6) is 0.402. The summed E-state index contributed by atoms with van der Waals surface area (Å²) in [5, 5.41) is 0.0401. The SMILES string of the molecule is COc1ccc(CCn2c(C)cc(C(=O)COC(=O)c3cccnc3Cl)c2C)cc1OC. The van der Waals surface area contributed by atoms with Crippen molar-refractivity contribution in [2.45, 2.75) is 26.8 Å². The number of nitrogens with zero attached hydrogens (tertiary/aromatic N) is 2. The van der Waals surface area contributed by atoms with E-state index < -0.39 is 5.97 Å². The van der Waals surface area contributed by atoms with Crippen molar-refractivity contribution in [3.05, 3.63) is 75.8 Å². The molecule has 8 heteroatoms. The standard InChI is InChI=1S/C24H25ClN2O5/c1-15-12-19(20(28)14-32-24(29)18-6-5-10-26-23(18)25)16(2)27(15)11-9-17-7-8-21(30-3)22(13-17)31-4/h5-8,10,12-13H,9,11,14H2,1-4H3. The van der Waals surface area contributed by atoms with Gasteiger partial charge in [0.25, 0.3) is 0 Å². The predicted octanol–water partition coefficient (Wildman–Crippen LogP) is 4.45. The van der Waals surface area contributed by atoms with Gasteiger partial charge in [0.05, 0.1) is 19.8 Å². The Kier molecular flexibility index (Phi) is 7.53. The first kappa shape index (κ1) is 23.3. The molecule has 168 valence electrons. The summed E-state index contributed by atoms with van der Waals surface area (Å²) >= 11 is 5.91. The maximum absolute atomic E-state index is 12.7. The molecule has 2 aromatic heterocycles. The molecule has 0 atom stereocenters.